The predicted octanol–water partition coefficient (Wildman–Crippen LogP) is 4.01. The zero-order valence-electron chi connectivity index (χ0n) is 16.5. The van der Waals surface area contributed by atoms with Crippen LogP contribution in [0.25, 0.3) is 0 Å². The van der Waals surface area contributed by atoms with Crippen molar-refractivity contribution in [1.82, 2.24) is 20.4 Å². The van der Waals surface area contributed by atoms with Gasteiger partial charge in [0.05, 0.1) is 23.3 Å². The van der Waals surface area contributed by atoms with Gasteiger partial charge in [-0.2, -0.15) is 5.10 Å². The number of hydrogen-bond acceptors (Lipinski definition) is 4. The summed E-state index contributed by atoms with van der Waals surface area (Å²) in [6.45, 7) is 2.91. The van der Waals surface area contributed by atoms with Crippen molar-refractivity contribution in [1.29, 1.82) is 0 Å². The van der Waals surface area contributed by atoms with Gasteiger partial charge in [-0.05, 0) is 49.3 Å². The topological polar surface area (TPSA) is 57.5 Å². The minimum Gasteiger partial charge on any atom is -0.363 e. The summed E-state index contributed by atoms with van der Waals surface area (Å²) in [6, 6.07) is 7.54. The first-order valence-electron chi connectivity index (χ1n) is 10.1. The van der Waals surface area contributed by atoms with Crippen LogP contribution in [-0.4, -0.2) is 41.9 Å². The molecule has 0 radical (unpaired) electrons. The van der Waals surface area contributed by atoms with Crippen molar-refractivity contribution in [3.05, 3.63) is 35.5 Å². The van der Waals surface area contributed by atoms with Gasteiger partial charge in [0.15, 0.2) is 5.96 Å². The van der Waals surface area contributed by atoms with E-state index in [1.165, 1.54) is 30.7 Å². The SMILES string of the molecule is CN=C(NCc1ccn(C2CCCC2)n1)NC1CCN(c2cccs2)CC1.I. The van der Waals surface area contributed by atoms with Crippen LogP contribution in [0.5, 0.6) is 0 Å². The van der Waals surface area contributed by atoms with Crippen LogP contribution >= 0.6 is 35.3 Å². The third-order valence-electron chi connectivity index (χ3n) is 5.68. The monoisotopic (exact) mass is 514 g/mol. The molecule has 0 aromatic carbocycles. The molecule has 0 bridgehead atoms. The molecule has 0 spiro atoms. The number of halogens is 1. The largest absolute Gasteiger partial charge is 0.363 e. The summed E-state index contributed by atoms with van der Waals surface area (Å²) < 4.78 is 2.15. The van der Waals surface area contributed by atoms with Gasteiger partial charge in [0.1, 0.15) is 0 Å². The summed E-state index contributed by atoms with van der Waals surface area (Å²) >= 11 is 1.83. The molecule has 8 heteroatoms. The van der Waals surface area contributed by atoms with Crippen molar-refractivity contribution >= 4 is 46.3 Å². The lowest BCUT2D eigenvalue weighted by molar-refractivity contribution is 0.458. The van der Waals surface area contributed by atoms with Gasteiger partial charge in [-0.15, -0.1) is 35.3 Å². The van der Waals surface area contributed by atoms with Crippen LogP contribution in [0.3, 0.4) is 0 Å². The molecule has 3 heterocycles. The minimum atomic E-state index is 0. The van der Waals surface area contributed by atoms with Crippen LogP contribution in [-0.2, 0) is 6.54 Å². The van der Waals surface area contributed by atoms with Gasteiger partial charge in [0.25, 0.3) is 0 Å². The van der Waals surface area contributed by atoms with E-state index in [0.29, 0.717) is 18.6 Å². The van der Waals surface area contributed by atoms with Crippen LogP contribution < -0.4 is 15.5 Å². The zero-order valence-corrected chi connectivity index (χ0v) is 19.7. The van der Waals surface area contributed by atoms with Crippen LogP contribution in [0.2, 0.25) is 0 Å². The van der Waals surface area contributed by atoms with Crippen molar-refractivity contribution < 1.29 is 0 Å². The third-order valence-corrected chi connectivity index (χ3v) is 6.61. The van der Waals surface area contributed by atoms with Gasteiger partial charge in [0, 0.05) is 32.4 Å². The highest BCUT2D eigenvalue weighted by Gasteiger charge is 2.21. The highest BCUT2D eigenvalue weighted by atomic mass is 127. The third kappa shape index (κ3) is 5.40. The number of anilines is 1. The molecule has 0 unspecified atom stereocenters. The maximum Gasteiger partial charge on any atom is 0.191 e. The highest BCUT2D eigenvalue weighted by molar-refractivity contribution is 14.0. The summed E-state index contributed by atoms with van der Waals surface area (Å²) in [6.07, 6.45) is 9.59. The first-order chi connectivity index (χ1) is 13.3. The summed E-state index contributed by atoms with van der Waals surface area (Å²) in [5.41, 5.74) is 1.08. The van der Waals surface area contributed by atoms with Crippen LogP contribution in [0.4, 0.5) is 5.00 Å². The molecule has 1 saturated carbocycles. The molecular formula is C20H31IN6S. The number of nitrogens with zero attached hydrogens (tertiary/aromatic N) is 4. The number of aliphatic imine (C=N–C) groups is 1. The van der Waals surface area contributed by atoms with Gasteiger partial charge in [0.2, 0.25) is 0 Å². The molecule has 1 aliphatic heterocycles. The quantitative estimate of drug-likeness (QED) is 0.360. The van der Waals surface area contributed by atoms with Crippen LogP contribution in [0.1, 0.15) is 50.3 Å². The lowest BCUT2D eigenvalue weighted by Crippen LogP contribution is -2.48. The van der Waals surface area contributed by atoms with E-state index in [1.807, 2.05) is 18.4 Å². The van der Waals surface area contributed by atoms with E-state index < -0.39 is 0 Å². The Balaban J connectivity index is 0.00000225. The highest BCUT2D eigenvalue weighted by Crippen LogP contribution is 2.28. The molecular weight excluding hydrogens is 483 g/mol. The Bertz CT molecular complexity index is 730. The average Bonchev–Trinajstić information content (AvgIpc) is 3.47. The number of hydrogen-bond donors (Lipinski definition) is 2. The molecule has 2 fully saturated rings. The van der Waals surface area contributed by atoms with Gasteiger partial charge in [-0.3, -0.25) is 9.67 Å². The smallest absolute Gasteiger partial charge is 0.191 e. The maximum absolute atomic E-state index is 4.75. The van der Waals surface area contributed by atoms with Crippen molar-refractivity contribution in [2.75, 3.05) is 25.0 Å². The molecule has 28 heavy (non-hydrogen) atoms. The Hall–Kier alpha value is -1.29. The van der Waals surface area contributed by atoms with Crippen molar-refractivity contribution in [2.24, 2.45) is 4.99 Å². The number of thiophene rings is 1. The molecule has 2 aromatic rings. The zero-order chi connectivity index (χ0) is 18.5. The molecule has 0 atom stereocenters. The molecule has 1 saturated heterocycles. The molecule has 2 aromatic heterocycles. The lowest BCUT2D eigenvalue weighted by Gasteiger charge is -2.33. The second kappa shape index (κ2) is 10.5. The van der Waals surface area contributed by atoms with Gasteiger partial charge in [-0.25, -0.2) is 0 Å². The molecule has 1 aliphatic carbocycles. The van der Waals surface area contributed by atoms with E-state index in [1.54, 1.807) is 0 Å². The molecule has 4 rings (SSSR count). The Morgan fingerprint density at radius 2 is 2.00 bits per heavy atom. The summed E-state index contributed by atoms with van der Waals surface area (Å²) in [5, 5.41) is 15.3. The fraction of sp³-hybridized carbons (Fsp3) is 0.600. The van der Waals surface area contributed by atoms with E-state index >= 15 is 0 Å². The molecule has 0 amide bonds. The molecule has 154 valence electrons. The lowest BCUT2D eigenvalue weighted by atomic mass is 10.1. The van der Waals surface area contributed by atoms with E-state index in [2.05, 4.69) is 55.0 Å². The maximum atomic E-state index is 4.75. The van der Waals surface area contributed by atoms with Crippen molar-refractivity contribution in [2.45, 2.75) is 57.2 Å². The van der Waals surface area contributed by atoms with Crippen molar-refractivity contribution in [3.63, 3.8) is 0 Å². The van der Waals surface area contributed by atoms with E-state index in [0.717, 1.165) is 37.6 Å². The standard InChI is InChI=1S/C20H30N6S.HI/c1-21-20(22-15-17-10-13-26(24-17)18-5-2-3-6-18)23-16-8-11-25(12-9-16)19-7-4-14-27-19;/h4,7,10,13-14,16,18H,2-3,5-6,8-9,11-12,15H2,1H3,(H2,21,22,23);1H. The Morgan fingerprint density at radius 3 is 2.68 bits per heavy atom. The number of piperidine rings is 1. The first kappa shape index (κ1) is 21.4. The number of rotatable bonds is 5. The number of aromatic nitrogens is 2. The van der Waals surface area contributed by atoms with Crippen LogP contribution in [0.15, 0.2) is 34.8 Å². The molecule has 2 aliphatic rings. The second-order valence-electron chi connectivity index (χ2n) is 7.51. The predicted molar refractivity (Wildman–Crippen MR) is 128 cm³/mol. The summed E-state index contributed by atoms with van der Waals surface area (Å²) in [7, 11) is 1.84. The fourth-order valence-electron chi connectivity index (χ4n) is 4.10. The average molecular weight is 514 g/mol. The summed E-state index contributed by atoms with van der Waals surface area (Å²) in [5.74, 6) is 0.875. The second-order valence-corrected chi connectivity index (χ2v) is 8.43. The van der Waals surface area contributed by atoms with Gasteiger partial charge < -0.3 is 15.5 Å². The van der Waals surface area contributed by atoms with Crippen LogP contribution in [0, 0.1) is 0 Å². The number of guanidine groups is 1. The minimum absolute atomic E-state index is 0. The first-order valence-corrected chi connectivity index (χ1v) is 11.0. The van der Waals surface area contributed by atoms with Gasteiger partial charge in [-0.1, -0.05) is 12.8 Å². The van der Waals surface area contributed by atoms with E-state index in [-0.39, 0.29) is 24.0 Å². The summed E-state index contributed by atoms with van der Waals surface area (Å²) in [4.78, 5) is 6.88. The van der Waals surface area contributed by atoms with Gasteiger partial charge >= 0.3 is 0 Å². The number of nitrogens with one attached hydrogen (secondary N) is 2. The Kier molecular flexibility index (Phi) is 8.01. The normalized spacial score (nSPS) is 18.9. The Labute approximate surface area is 188 Å². The Morgan fingerprint density at radius 1 is 1.21 bits per heavy atom. The van der Waals surface area contributed by atoms with E-state index in [4.69, 9.17) is 5.10 Å². The van der Waals surface area contributed by atoms with Crippen molar-refractivity contribution in [3.8, 4) is 0 Å². The fourth-order valence-corrected chi connectivity index (χ4v) is 4.89. The van der Waals surface area contributed by atoms with E-state index in [9.17, 15) is 0 Å². The molecule has 6 nitrogen and oxygen atoms in total. The molecule has 2 N–H and O–H groups in total.